The van der Waals surface area contributed by atoms with Gasteiger partial charge in [0, 0.05) is 0 Å². The first kappa shape index (κ1) is 16.3. The Labute approximate surface area is 115 Å². The molecule has 1 aliphatic rings. The largest absolute Gasteiger partial charge is 2.00 e. The number of fused-ring (bicyclic) bond motifs is 1. The Hall–Kier alpha value is 0.876. The fourth-order valence-electron chi connectivity index (χ4n) is 1.57. The van der Waals surface area contributed by atoms with Crippen LogP contribution in [0.4, 0.5) is 4.39 Å². The van der Waals surface area contributed by atoms with Crippen molar-refractivity contribution in [3.63, 3.8) is 0 Å². The van der Waals surface area contributed by atoms with E-state index in [-0.39, 0.29) is 62.8 Å². The van der Waals surface area contributed by atoms with Gasteiger partial charge in [-0.25, -0.2) is 4.39 Å². The first-order chi connectivity index (χ1) is 4.88. The molecule has 1 aromatic carbocycles. The van der Waals surface area contributed by atoms with Gasteiger partial charge in [-0.2, -0.15) is 0 Å². The van der Waals surface area contributed by atoms with E-state index >= 15 is 0 Å². The zero-order valence-corrected chi connectivity index (χ0v) is 11.8. The number of aryl methyl sites for hydroxylation is 1. The third-order valence-corrected chi connectivity index (χ3v) is 2.09. The van der Waals surface area contributed by atoms with Crippen LogP contribution in [0, 0.1) is 5.82 Å². The minimum absolute atomic E-state index is 0. The predicted molar refractivity (Wildman–Crippen MR) is 44.2 cm³/mol. The Morgan fingerprint density at radius 1 is 1.08 bits per heavy atom. The second-order valence-electron chi connectivity index (χ2n) is 2.73. The summed E-state index contributed by atoms with van der Waals surface area (Å²) in [6.45, 7) is 0. The van der Waals surface area contributed by atoms with Gasteiger partial charge < -0.3 is 34.0 Å². The van der Waals surface area contributed by atoms with Crippen molar-refractivity contribution < 1.29 is 38.4 Å². The van der Waals surface area contributed by atoms with Crippen molar-refractivity contribution in [2.45, 2.75) is 19.3 Å². The maximum Gasteiger partial charge on any atom is 2.00 e. The summed E-state index contributed by atoms with van der Waals surface area (Å²) in [5.41, 5.74) is 2.16. The average Bonchev–Trinajstić information content (AvgIpc) is 2.36. The second-order valence-corrected chi connectivity index (χ2v) is 2.73. The van der Waals surface area contributed by atoms with Crippen LogP contribution in [0.5, 0.6) is 0 Å². The molecule has 0 unspecified atom stereocenters. The second kappa shape index (κ2) is 7.21. The van der Waals surface area contributed by atoms with Crippen LogP contribution < -0.4 is 34.0 Å². The van der Waals surface area contributed by atoms with E-state index < -0.39 is 0 Å². The summed E-state index contributed by atoms with van der Waals surface area (Å²) in [5, 5.41) is 0. The molecule has 1 aliphatic carbocycles. The first-order valence-corrected chi connectivity index (χ1v) is 3.64. The molecule has 0 amide bonds. The zero-order valence-electron chi connectivity index (χ0n) is 7.19. The Kier molecular flexibility index (Phi) is 9.04. The van der Waals surface area contributed by atoms with E-state index in [9.17, 15) is 4.39 Å². The first-order valence-electron chi connectivity index (χ1n) is 3.64. The number of halogens is 3. The molecular formula is C9H9Br2FMg. The average molecular weight is 320 g/mol. The molecule has 68 valence electrons. The number of benzene rings is 1. The Morgan fingerprint density at radius 2 is 1.77 bits per heavy atom. The molecule has 1 aromatic rings. The fourth-order valence-corrected chi connectivity index (χ4v) is 1.57. The van der Waals surface area contributed by atoms with Crippen LogP contribution in [0.15, 0.2) is 18.2 Å². The van der Waals surface area contributed by atoms with Crippen molar-refractivity contribution in [2.24, 2.45) is 0 Å². The molecule has 0 radical (unpaired) electrons. The smallest absolute Gasteiger partial charge is 1.00 e. The maximum atomic E-state index is 12.9. The van der Waals surface area contributed by atoms with Crippen molar-refractivity contribution in [3.05, 3.63) is 35.1 Å². The van der Waals surface area contributed by atoms with E-state index in [4.69, 9.17) is 0 Å². The van der Waals surface area contributed by atoms with Crippen molar-refractivity contribution in [1.82, 2.24) is 0 Å². The molecule has 0 atom stereocenters. The van der Waals surface area contributed by atoms with Crippen molar-refractivity contribution in [3.8, 4) is 0 Å². The van der Waals surface area contributed by atoms with Crippen LogP contribution in [-0.4, -0.2) is 23.1 Å². The molecule has 0 aliphatic heterocycles. The molecule has 0 spiro atoms. The predicted octanol–water partition coefficient (Wildman–Crippen LogP) is -4.06. The summed E-state index contributed by atoms with van der Waals surface area (Å²) in [6, 6.07) is 5.36. The van der Waals surface area contributed by atoms with Gasteiger partial charge >= 0.3 is 23.1 Å². The van der Waals surface area contributed by atoms with Crippen LogP contribution in [0.25, 0.3) is 0 Å². The van der Waals surface area contributed by atoms with E-state index in [0.717, 1.165) is 24.8 Å². The Bertz CT molecular complexity index is 266. The maximum absolute atomic E-state index is 12.9. The van der Waals surface area contributed by atoms with Crippen LogP contribution in [0.2, 0.25) is 0 Å². The van der Waals surface area contributed by atoms with Gasteiger partial charge in [-0.1, -0.05) is 12.1 Å². The summed E-state index contributed by atoms with van der Waals surface area (Å²) in [7, 11) is 0. The standard InChI is InChI=1S/C9H9F.2BrH.Mg/c10-9-6-2-4-7-3-1-5-8(7)9;;;/h2,4,6H,1,3,5H2;2*1H;/q;;;+2/p-2. The summed E-state index contributed by atoms with van der Waals surface area (Å²) >= 11 is 0. The van der Waals surface area contributed by atoms with E-state index in [1.807, 2.05) is 6.07 Å². The van der Waals surface area contributed by atoms with Gasteiger partial charge in [0.2, 0.25) is 0 Å². The third kappa shape index (κ3) is 3.49. The number of hydrogen-bond acceptors (Lipinski definition) is 0. The molecular weight excluding hydrogens is 311 g/mol. The molecule has 0 saturated carbocycles. The van der Waals surface area contributed by atoms with Gasteiger partial charge in [-0.05, 0) is 36.5 Å². The molecule has 4 heteroatoms. The summed E-state index contributed by atoms with van der Waals surface area (Å²) in [5.74, 6) is -0.0185. The van der Waals surface area contributed by atoms with Crippen LogP contribution in [-0.2, 0) is 12.8 Å². The Morgan fingerprint density at radius 3 is 2.38 bits per heavy atom. The molecule has 2 rings (SSSR count). The molecule has 0 saturated heterocycles. The van der Waals surface area contributed by atoms with E-state index in [1.54, 1.807) is 12.1 Å². The van der Waals surface area contributed by atoms with Gasteiger partial charge in [0.15, 0.2) is 0 Å². The SMILES string of the molecule is Fc1cccc2c1CCC2.[Br-].[Br-].[Mg+2]. The third-order valence-electron chi connectivity index (χ3n) is 2.09. The van der Waals surface area contributed by atoms with E-state index in [2.05, 4.69) is 0 Å². The summed E-state index contributed by atoms with van der Waals surface area (Å²) in [6.07, 6.45) is 3.12. The van der Waals surface area contributed by atoms with Gasteiger partial charge in [-0.15, -0.1) is 0 Å². The number of hydrogen-bond donors (Lipinski definition) is 0. The van der Waals surface area contributed by atoms with E-state index in [1.165, 1.54) is 5.56 Å². The molecule has 0 bridgehead atoms. The number of rotatable bonds is 0. The van der Waals surface area contributed by atoms with Gasteiger partial charge in [-0.3, -0.25) is 0 Å². The summed E-state index contributed by atoms with van der Waals surface area (Å²) < 4.78 is 12.9. The van der Waals surface area contributed by atoms with Crippen molar-refractivity contribution >= 4 is 23.1 Å². The van der Waals surface area contributed by atoms with Crippen molar-refractivity contribution in [2.75, 3.05) is 0 Å². The van der Waals surface area contributed by atoms with Crippen LogP contribution >= 0.6 is 0 Å². The van der Waals surface area contributed by atoms with Crippen LogP contribution in [0.1, 0.15) is 17.5 Å². The molecule has 0 nitrogen and oxygen atoms in total. The minimum Gasteiger partial charge on any atom is -1.00 e. The topological polar surface area (TPSA) is 0 Å². The molecule has 0 heterocycles. The molecule has 13 heavy (non-hydrogen) atoms. The molecule has 0 aromatic heterocycles. The Balaban J connectivity index is 0. The van der Waals surface area contributed by atoms with Gasteiger partial charge in [0.25, 0.3) is 0 Å². The van der Waals surface area contributed by atoms with E-state index in [0.29, 0.717) is 0 Å². The zero-order chi connectivity index (χ0) is 6.97. The van der Waals surface area contributed by atoms with Gasteiger partial charge in [0.1, 0.15) is 5.82 Å². The monoisotopic (exact) mass is 318 g/mol. The fraction of sp³-hybridized carbons (Fsp3) is 0.333. The quantitative estimate of drug-likeness (QED) is 0.427. The summed E-state index contributed by atoms with van der Waals surface area (Å²) in [4.78, 5) is 0. The molecule has 0 N–H and O–H groups in total. The normalized spacial score (nSPS) is 11.8. The molecule has 0 fully saturated rings. The van der Waals surface area contributed by atoms with Crippen molar-refractivity contribution in [1.29, 1.82) is 0 Å². The van der Waals surface area contributed by atoms with Crippen LogP contribution in [0.3, 0.4) is 0 Å². The minimum atomic E-state index is -0.0185. The van der Waals surface area contributed by atoms with Gasteiger partial charge in [0.05, 0.1) is 0 Å².